The van der Waals surface area contributed by atoms with E-state index in [1.807, 2.05) is 48.9 Å². The summed E-state index contributed by atoms with van der Waals surface area (Å²) >= 11 is 0. The number of nitrogens with one attached hydrogen (secondary N) is 3. The van der Waals surface area contributed by atoms with Gasteiger partial charge in [-0.3, -0.25) is 14.6 Å². The molecule has 0 saturated heterocycles. The van der Waals surface area contributed by atoms with Crippen molar-refractivity contribution in [2.45, 2.75) is 26.9 Å². The number of nitrogens with two attached hydrogens (primary N) is 1. The summed E-state index contributed by atoms with van der Waals surface area (Å²) < 4.78 is 1.95. The van der Waals surface area contributed by atoms with Crippen LogP contribution in [0, 0.1) is 13.8 Å². The molecule has 0 radical (unpaired) electrons. The summed E-state index contributed by atoms with van der Waals surface area (Å²) in [6.45, 7) is 4.94. The summed E-state index contributed by atoms with van der Waals surface area (Å²) in [5.74, 6) is -0.269. The maximum absolute atomic E-state index is 12.0. The monoisotopic (exact) mass is 575 g/mol. The number of guanidine groups is 1. The van der Waals surface area contributed by atoms with Crippen LogP contribution in [0.25, 0.3) is 5.69 Å². The van der Waals surface area contributed by atoms with Crippen LogP contribution in [0.3, 0.4) is 0 Å². The second kappa shape index (κ2) is 12.7. The third-order valence-corrected chi connectivity index (χ3v) is 5.00. The van der Waals surface area contributed by atoms with Crippen molar-refractivity contribution < 1.29 is 9.59 Å². The van der Waals surface area contributed by atoms with E-state index in [2.05, 4.69) is 38.2 Å². The Balaban J connectivity index is 0.00000408. The fourth-order valence-corrected chi connectivity index (χ4v) is 3.37. The van der Waals surface area contributed by atoms with Gasteiger partial charge in [-0.25, -0.2) is 4.68 Å². The number of benzene rings is 2. The molecule has 0 aliphatic heterocycles. The van der Waals surface area contributed by atoms with E-state index >= 15 is 0 Å². The first kappa shape index (κ1) is 26.8. The van der Waals surface area contributed by atoms with Crippen molar-refractivity contribution in [3.8, 4) is 5.69 Å². The number of primary amides is 1. The predicted octanol–water partition coefficient (Wildman–Crippen LogP) is 2.19. The molecule has 2 amide bonds. The van der Waals surface area contributed by atoms with Gasteiger partial charge in [0.15, 0.2) is 5.96 Å². The molecule has 10 heteroatoms. The van der Waals surface area contributed by atoms with Gasteiger partial charge in [-0.2, -0.15) is 5.10 Å². The Morgan fingerprint density at radius 1 is 1.00 bits per heavy atom. The average Bonchev–Trinajstić information content (AvgIpc) is 3.15. The zero-order valence-corrected chi connectivity index (χ0v) is 21.8. The number of nitrogens with zero attached hydrogens (tertiary/aromatic N) is 3. The lowest BCUT2D eigenvalue weighted by atomic mass is 10.1. The molecule has 0 bridgehead atoms. The van der Waals surface area contributed by atoms with Crippen LogP contribution in [-0.4, -0.2) is 41.1 Å². The number of carbonyl (C=O) groups is 2. The molecule has 0 atom stereocenters. The number of aryl methyl sites for hydroxylation is 2. The average molecular weight is 575 g/mol. The van der Waals surface area contributed by atoms with Gasteiger partial charge in [-0.1, -0.05) is 30.3 Å². The Hall–Kier alpha value is -3.41. The standard InChI is InChI=1S/C24H29N7O2.HI/c1-16-12-17(2)31(30-16)21-7-5-4-6-20(21)14-29-24(26-3)28-13-18-8-10-19(11-9-18)23(33)27-15-22(25)32;/h4-12H,13-15H2,1-3H3,(H2,25,32)(H,27,33)(H2,26,28,29);1H. The third-order valence-electron chi connectivity index (χ3n) is 5.00. The SMILES string of the molecule is CN=C(NCc1ccc(C(=O)NCC(N)=O)cc1)NCc1ccccc1-n1nc(C)cc1C.I. The smallest absolute Gasteiger partial charge is 0.251 e. The first-order chi connectivity index (χ1) is 15.9. The molecule has 0 aliphatic carbocycles. The van der Waals surface area contributed by atoms with Crippen LogP contribution in [0.15, 0.2) is 59.6 Å². The molecular formula is C24H30IN7O2. The minimum absolute atomic E-state index is 0. The van der Waals surface area contributed by atoms with Gasteiger partial charge in [0.05, 0.1) is 17.9 Å². The van der Waals surface area contributed by atoms with Gasteiger partial charge >= 0.3 is 0 Å². The van der Waals surface area contributed by atoms with E-state index < -0.39 is 5.91 Å². The topological polar surface area (TPSA) is 126 Å². The number of aliphatic imine (C=N–C) groups is 1. The molecule has 9 nitrogen and oxygen atoms in total. The van der Waals surface area contributed by atoms with E-state index in [4.69, 9.17) is 5.73 Å². The summed E-state index contributed by atoms with van der Waals surface area (Å²) in [6, 6.07) is 17.3. The zero-order valence-electron chi connectivity index (χ0n) is 19.5. The van der Waals surface area contributed by atoms with Crippen LogP contribution in [0.4, 0.5) is 0 Å². The van der Waals surface area contributed by atoms with Crippen molar-refractivity contribution in [1.29, 1.82) is 0 Å². The van der Waals surface area contributed by atoms with Crippen molar-refractivity contribution in [3.63, 3.8) is 0 Å². The summed E-state index contributed by atoms with van der Waals surface area (Å²) in [5, 5.41) is 13.7. The van der Waals surface area contributed by atoms with Crippen LogP contribution >= 0.6 is 24.0 Å². The number of amides is 2. The quantitative estimate of drug-likeness (QED) is 0.186. The molecule has 5 N–H and O–H groups in total. The van der Waals surface area contributed by atoms with Crippen LogP contribution in [0.1, 0.15) is 32.9 Å². The molecule has 0 fully saturated rings. The lowest BCUT2D eigenvalue weighted by Gasteiger charge is -2.15. The van der Waals surface area contributed by atoms with E-state index in [-0.39, 0.29) is 36.4 Å². The minimum atomic E-state index is -0.583. The number of rotatable bonds is 8. The molecule has 0 saturated carbocycles. The van der Waals surface area contributed by atoms with Crippen molar-refractivity contribution in [1.82, 2.24) is 25.7 Å². The van der Waals surface area contributed by atoms with Crippen LogP contribution < -0.4 is 21.7 Å². The number of halogens is 1. The molecule has 2 aromatic carbocycles. The molecule has 34 heavy (non-hydrogen) atoms. The summed E-state index contributed by atoms with van der Waals surface area (Å²) in [5.41, 5.74) is 10.7. The maximum atomic E-state index is 12.0. The number of para-hydroxylation sites is 1. The number of aromatic nitrogens is 2. The normalized spacial score (nSPS) is 10.9. The van der Waals surface area contributed by atoms with Gasteiger partial charge in [0.25, 0.3) is 5.91 Å². The largest absolute Gasteiger partial charge is 0.368 e. The van der Waals surface area contributed by atoms with Crippen LogP contribution in [0.2, 0.25) is 0 Å². The van der Waals surface area contributed by atoms with Crippen molar-refractivity contribution in [2.24, 2.45) is 10.7 Å². The molecule has 1 aromatic heterocycles. The molecular weight excluding hydrogens is 545 g/mol. The maximum Gasteiger partial charge on any atom is 0.251 e. The van der Waals surface area contributed by atoms with Gasteiger partial charge in [0, 0.05) is 31.4 Å². The zero-order chi connectivity index (χ0) is 23.8. The van der Waals surface area contributed by atoms with E-state index in [9.17, 15) is 9.59 Å². The fourth-order valence-electron chi connectivity index (χ4n) is 3.37. The summed E-state index contributed by atoms with van der Waals surface area (Å²) in [6.07, 6.45) is 0. The third kappa shape index (κ3) is 7.30. The van der Waals surface area contributed by atoms with Crippen LogP contribution in [0.5, 0.6) is 0 Å². The van der Waals surface area contributed by atoms with Crippen molar-refractivity contribution >= 4 is 41.8 Å². The van der Waals surface area contributed by atoms with Gasteiger partial charge in [0.1, 0.15) is 0 Å². The van der Waals surface area contributed by atoms with Gasteiger partial charge < -0.3 is 21.7 Å². The molecule has 1 heterocycles. The first-order valence-corrected chi connectivity index (χ1v) is 10.6. The summed E-state index contributed by atoms with van der Waals surface area (Å²) in [7, 11) is 1.72. The highest BCUT2D eigenvalue weighted by Crippen LogP contribution is 2.17. The van der Waals surface area contributed by atoms with Crippen molar-refractivity contribution in [2.75, 3.05) is 13.6 Å². The highest BCUT2D eigenvalue weighted by molar-refractivity contribution is 14.0. The van der Waals surface area contributed by atoms with E-state index in [0.29, 0.717) is 24.6 Å². The first-order valence-electron chi connectivity index (χ1n) is 10.6. The second-order valence-corrected chi connectivity index (χ2v) is 7.59. The molecule has 3 rings (SSSR count). The Bertz CT molecular complexity index is 1160. The van der Waals surface area contributed by atoms with E-state index in [1.54, 1.807) is 19.2 Å². The van der Waals surface area contributed by atoms with Gasteiger partial charge in [-0.15, -0.1) is 24.0 Å². The van der Waals surface area contributed by atoms with E-state index in [1.165, 1.54) is 0 Å². The van der Waals surface area contributed by atoms with Crippen molar-refractivity contribution in [3.05, 3.63) is 82.7 Å². The minimum Gasteiger partial charge on any atom is -0.368 e. The Labute approximate surface area is 216 Å². The number of carbonyl (C=O) groups excluding carboxylic acids is 2. The highest BCUT2D eigenvalue weighted by Gasteiger charge is 2.10. The highest BCUT2D eigenvalue weighted by atomic mass is 127. The predicted molar refractivity (Wildman–Crippen MR) is 143 cm³/mol. The molecule has 0 spiro atoms. The molecule has 0 unspecified atom stereocenters. The number of hydrogen-bond acceptors (Lipinski definition) is 4. The Kier molecular flexibility index (Phi) is 10.0. The Morgan fingerprint density at radius 3 is 2.29 bits per heavy atom. The summed E-state index contributed by atoms with van der Waals surface area (Å²) in [4.78, 5) is 27.1. The Morgan fingerprint density at radius 2 is 1.68 bits per heavy atom. The van der Waals surface area contributed by atoms with Crippen LogP contribution in [-0.2, 0) is 17.9 Å². The molecule has 0 aliphatic rings. The molecule has 180 valence electrons. The number of hydrogen-bond donors (Lipinski definition) is 4. The fraction of sp³-hybridized carbons (Fsp3) is 0.250. The lowest BCUT2D eigenvalue weighted by molar-refractivity contribution is -0.117. The lowest BCUT2D eigenvalue weighted by Crippen LogP contribution is -2.36. The van der Waals surface area contributed by atoms with Gasteiger partial charge in [-0.05, 0) is 49.2 Å². The van der Waals surface area contributed by atoms with E-state index in [0.717, 1.165) is 28.2 Å². The van der Waals surface area contributed by atoms with Gasteiger partial charge in [0.2, 0.25) is 5.91 Å². The molecule has 3 aromatic rings. The second-order valence-electron chi connectivity index (χ2n) is 7.59.